The molecule has 3 unspecified atom stereocenters. The molecule has 2 heterocycles. The van der Waals surface area contributed by atoms with E-state index in [4.69, 9.17) is 37.3 Å². The Morgan fingerprint density at radius 3 is 1.95 bits per heavy atom. The molecule has 55 heavy (non-hydrogen) atoms. The van der Waals surface area contributed by atoms with Gasteiger partial charge in [-0.1, -0.05) is 124 Å². The molecule has 2 fully saturated rings. The molecule has 11 nitrogen and oxygen atoms in total. The molecule has 7 rings (SSSR count). The highest BCUT2D eigenvalue weighted by Gasteiger charge is 2.57. The molecule has 0 bridgehead atoms. The van der Waals surface area contributed by atoms with Crippen molar-refractivity contribution in [2.75, 3.05) is 26.4 Å². The Bertz CT molecular complexity index is 1880. The summed E-state index contributed by atoms with van der Waals surface area (Å²) in [5.41, 5.74) is 5.18. The maximum atomic E-state index is 14.8. The quantitative estimate of drug-likeness (QED) is 0.0617. The Hall–Kier alpha value is -4.19. The van der Waals surface area contributed by atoms with E-state index in [0.717, 1.165) is 40.7 Å². The van der Waals surface area contributed by atoms with Gasteiger partial charge in [-0.15, -0.1) is 0 Å². The molecule has 0 radical (unpaired) electrons. The van der Waals surface area contributed by atoms with Gasteiger partial charge in [0.25, 0.3) is 0 Å². The van der Waals surface area contributed by atoms with Gasteiger partial charge in [0.1, 0.15) is 24.7 Å². The van der Waals surface area contributed by atoms with Gasteiger partial charge in [0.05, 0.1) is 25.4 Å². The Balaban J connectivity index is 1.24. The van der Waals surface area contributed by atoms with Crippen molar-refractivity contribution < 1.29 is 51.4 Å². The van der Waals surface area contributed by atoms with Crippen molar-refractivity contribution >= 4 is 19.8 Å². The van der Waals surface area contributed by atoms with E-state index >= 15 is 0 Å². The first-order valence-corrected chi connectivity index (χ1v) is 20.5. The van der Waals surface area contributed by atoms with E-state index in [1.54, 1.807) is 30.3 Å². The Labute approximate surface area is 321 Å². The zero-order valence-corrected chi connectivity index (χ0v) is 31.9. The fourth-order valence-electron chi connectivity index (χ4n) is 7.19. The van der Waals surface area contributed by atoms with Crippen molar-refractivity contribution in [3.63, 3.8) is 0 Å². The summed E-state index contributed by atoms with van der Waals surface area (Å²) in [6.45, 7) is 4.11. The zero-order valence-electron chi connectivity index (χ0n) is 31.0. The van der Waals surface area contributed by atoms with Crippen LogP contribution in [0.15, 0.2) is 109 Å². The number of benzene rings is 4. The second-order valence-electron chi connectivity index (χ2n) is 13.8. The van der Waals surface area contributed by atoms with Crippen LogP contribution in [0.4, 0.5) is 0 Å². The minimum Gasteiger partial charge on any atom is -0.464 e. The molecule has 2 aliphatic heterocycles. The van der Waals surface area contributed by atoms with E-state index in [-0.39, 0.29) is 37.9 Å². The third-order valence-electron chi connectivity index (χ3n) is 10.0. The molecule has 0 amide bonds. The van der Waals surface area contributed by atoms with Gasteiger partial charge in [0.15, 0.2) is 12.4 Å². The van der Waals surface area contributed by atoms with Gasteiger partial charge in [0, 0.05) is 11.5 Å². The lowest BCUT2D eigenvalue weighted by Crippen LogP contribution is -2.62. The van der Waals surface area contributed by atoms with Crippen molar-refractivity contribution in [3.05, 3.63) is 131 Å². The van der Waals surface area contributed by atoms with E-state index in [1.807, 2.05) is 80.6 Å². The van der Waals surface area contributed by atoms with Gasteiger partial charge in [-0.2, -0.15) is 0 Å². The molecule has 0 aromatic heterocycles. The maximum Gasteiger partial charge on any atom is 0.477 e. The van der Waals surface area contributed by atoms with Crippen molar-refractivity contribution in [1.29, 1.82) is 0 Å². The molecule has 0 spiro atoms. The number of hydrogen-bond acceptors (Lipinski definition) is 11. The second-order valence-corrected chi connectivity index (χ2v) is 15.4. The molecule has 12 heteroatoms. The maximum absolute atomic E-state index is 14.8. The van der Waals surface area contributed by atoms with Crippen LogP contribution in [-0.2, 0) is 46.6 Å². The first-order valence-electron chi connectivity index (χ1n) is 19.0. The molecule has 0 saturated carbocycles. The number of unbranched alkanes of at least 4 members (excludes halogenated alkanes) is 2. The van der Waals surface area contributed by atoms with Crippen molar-refractivity contribution in [3.8, 4) is 11.1 Å². The first-order chi connectivity index (χ1) is 26.9. The Kier molecular flexibility index (Phi) is 12.9. The average Bonchev–Trinajstić information content (AvgIpc) is 3.54. The minimum absolute atomic E-state index is 0.00381. The highest BCUT2D eigenvalue weighted by Crippen LogP contribution is 2.54. The van der Waals surface area contributed by atoms with Crippen molar-refractivity contribution in [1.82, 2.24) is 0 Å². The van der Waals surface area contributed by atoms with E-state index in [9.17, 15) is 14.2 Å². The number of carbonyl (C=O) groups excluding carboxylic acids is 2. The minimum atomic E-state index is -4.32. The molecule has 4 aromatic carbocycles. The summed E-state index contributed by atoms with van der Waals surface area (Å²) in [4.78, 5) is 28.6. The van der Waals surface area contributed by atoms with Gasteiger partial charge in [-0.25, -0.2) is 9.36 Å². The van der Waals surface area contributed by atoms with Crippen LogP contribution in [0.3, 0.4) is 0 Å². The number of fused-ring (bicyclic) bond motifs is 4. The largest absolute Gasteiger partial charge is 0.477 e. The summed E-state index contributed by atoms with van der Waals surface area (Å²) in [6.07, 6.45) is -3.15. The predicted molar refractivity (Wildman–Crippen MR) is 203 cm³/mol. The average molecular weight is 771 g/mol. The van der Waals surface area contributed by atoms with Crippen LogP contribution in [0.1, 0.15) is 78.8 Å². The van der Waals surface area contributed by atoms with Crippen LogP contribution in [0.5, 0.6) is 0 Å². The molecule has 1 aliphatic carbocycles. The smallest absolute Gasteiger partial charge is 0.464 e. The third kappa shape index (κ3) is 8.95. The van der Waals surface area contributed by atoms with E-state index in [0.29, 0.717) is 12.8 Å². The van der Waals surface area contributed by atoms with E-state index in [1.165, 1.54) is 0 Å². The lowest BCUT2D eigenvalue weighted by molar-refractivity contribution is -0.340. The number of rotatable bonds is 16. The highest BCUT2D eigenvalue weighted by molar-refractivity contribution is 7.48. The van der Waals surface area contributed by atoms with Crippen molar-refractivity contribution in [2.45, 2.75) is 76.3 Å². The summed E-state index contributed by atoms with van der Waals surface area (Å²) in [5, 5.41) is 0. The first kappa shape index (κ1) is 39.1. The molecule has 3 aliphatic rings. The third-order valence-corrected chi connectivity index (χ3v) is 11.5. The molecular formula is C43H47O11P. The van der Waals surface area contributed by atoms with Gasteiger partial charge >= 0.3 is 19.8 Å². The van der Waals surface area contributed by atoms with Crippen LogP contribution >= 0.6 is 7.82 Å². The number of ether oxygens (including phenoxy) is 5. The Morgan fingerprint density at radius 1 is 0.745 bits per heavy atom. The monoisotopic (exact) mass is 770 g/mol. The molecule has 6 atom stereocenters. The second kappa shape index (κ2) is 18.2. The summed E-state index contributed by atoms with van der Waals surface area (Å²) in [6, 6.07) is 33.7. The fraction of sp³-hybridized carbons (Fsp3) is 0.395. The SMILES string of the molecule is CCCCOP(=O)(OCCCC)O[C@@H]1OC2COC(c3ccccc3)O[C@H]2C(C(=O)OCC2c3ccccc3-c3ccccc32)[C@@H]1OC(=O)c1ccccc1. The highest BCUT2D eigenvalue weighted by atomic mass is 31.2. The number of esters is 2. The lowest BCUT2D eigenvalue weighted by atomic mass is 9.87. The molecule has 0 N–H and O–H groups in total. The van der Waals surface area contributed by atoms with Crippen LogP contribution in [0, 0.1) is 5.92 Å². The molecular weight excluding hydrogens is 723 g/mol. The topological polar surface area (TPSA) is 125 Å². The van der Waals surface area contributed by atoms with Gasteiger partial charge in [-0.05, 0) is 47.2 Å². The van der Waals surface area contributed by atoms with Crippen molar-refractivity contribution in [2.24, 2.45) is 5.92 Å². The molecule has 2 saturated heterocycles. The summed E-state index contributed by atoms with van der Waals surface area (Å²) in [5.74, 6) is -3.01. The zero-order chi connectivity index (χ0) is 38.2. The van der Waals surface area contributed by atoms with Crippen LogP contribution in [0.25, 0.3) is 11.1 Å². The van der Waals surface area contributed by atoms with Crippen LogP contribution < -0.4 is 0 Å². The normalized spacial score (nSPS) is 23.3. The van der Waals surface area contributed by atoms with Crippen LogP contribution in [-0.4, -0.2) is 63.0 Å². The lowest BCUT2D eigenvalue weighted by Gasteiger charge is -2.48. The van der Waals surface area contributed by atoms with Crippen LogP contribution in [0.2, 0.25) is 0 Å². The number of phosphoric ester groups is 1. The van der Waals surface area contributed by atoms with E-state index < -0.39 is 56.6 Å². The summed E-state index contributed by atoms with van der Waals surface area (Å²) >= 11 is 0. The van der Waals surface area contributed by atoms with Gasteiger partial charge in [-0.3, -0.25) is 18.4 Å². The van der Waals surface area contributed by atoms with Gasteiger partial charge < -0.3 is 23.7 Å². The number of phosphoric acid groups is 1. The number of hydrogen-bond donors (Lipinski definition) is 0. The number of carbonyl (C=O) groups is 2. The Morgan fingerprint density at radius 2 is 1.33 bits per heavy atom. The standard InChI is InChI=1S/C43H47O11P/c1-3-5-25-49-55(46,50-26-6-4-2)54-43-39(52-40(44)29-17-9-7-10-18-29)37(38-36(51-43)28-48-42(53-38)30-19-11-8-12-20-30)41(45)47-27-35-33-23-15-13-21-31(33)32-22-14-16-24-34(32)35/h7-24,35-39,42-43H,3-6,25-28H2,1-2H3/t36?,37?,38-,39+,42?,43+/m1/s1. The summed E-state index contributed by atoms with van der Waals surface area (Å²) in [7, 11) is -4.32. The summed E-state index contributed by atoms with van der Waals surface area (Å²) < 4.78 is 63.3. The van der Waals surface area contributed by atoms with E-state index in [2.05, 4.69) is 12.1 Å². The fourth-order valence-corrected chi connectivity index (χ4v) is 8.51. The molecule has 4 aromatic rings. The predicted octanol–water partition coefficient (Wildman–Crippen LogP) is 8.78. The van der Waals surface area contributed by atoms with Gasteiger partial charge in [0.2, 0.25) is 6.29 Å². The molecule has 290 valence electrons.